The van der Waals surface area contributed by atoms with Gasteiger partial charge in [-0.1, -0.05) is 6.08 Å². The lowest BCUT2D eigenvalue weighted by atomic mass is 10.2. The van der Waals surface area contributed by atoms with E-state index in [0.717, 1.165) is 5.57 Å². The highest BCUT2D eigenvalue weighted by molar-refractivity contribution is 5.69. The zero-order valence-corrected chi connectivity index (χ0v) is 11.8. The van der Waals surface area contributed by atoms with Gasteiger partial charge in [-0.2, -0.15) is 4.98 Å². The van der Waals surface area contributed by atoms with Crippen LogP contribution in [0.3, 0.4) is 0 Å². The van der Waals surface area contributed by atoms with Crippen molar-refractivity contribution in [2.45, 2.75) is 6.54 Å². The summed E-state index contributed by atoms with van der Waals surface area (Å²) in [5.41, 5.74) is 7.15. The number of hydrogen-bond acceptors (Lipinski definition) is 7. The standard InChI is InChI=1S/C13H16N6O3/c14-13-17-11-10(15-8-16-11)12(21)19(13)7-9-2-1-3-18(6-9)22-5-4-20/h1-3,8,20H,4-7H2,(H2,14,17)(H,15,16). The van der Waals surface area contributed by atoms with Crippen LogP contribution in [-0.2, 0) is 11.4 Å². The summed E-state index contributed by atoms with van der Waals surface area (Å²) in [7, 11) is 0. The maximum Gasteiger partial charge on any atom is 0.281 e. The Kier molecular flexibility index (Phi) is 3.90. The number of rotatable bonds is 5. The first kappa shape index (κ1) is 14.3. The number of nitrogens with one attached hydrogen (secondary N) is 1. The Balaban J connectivity index is 1.83. The van der Waals surface area contributed by atoms with Crippen molar-refractivity contribution in [3.63, 3.8) is 0 Å². The number of allylic oxidation sites excluding steroid dienone is 2. The molecule has 116 valence electrons. The van der Waals surface area contributed by atoms with Gasteiger partial charge in [0.05, 0.1) is 32.6 Å². The van der Waals surface area contributed by atoms with Crippen molar-refractivity contribution in [3.8, 4) is 0 Å². The molecule has 0 aliphatic carbocycles. The molecule has 0 bridgehead atoms. The molecule has 0 atom stereocenters. The first-order chi connectivity index (χ1) is 10.7. The second kappa shape index (κ2) is 6.00. The molecule has 22 heavy (non-hydrogen) atoms. The zero-order valence-electron chi connectivity index (χ0n) is 11.8. The summed E-state index contributed by atoms with van der Waals surface area (Å²) >= 11 is 0. The molecule has 0 fully saturated rings. The van der Waals surface area contributed by atoms with Gasteiger partial charge in [-0.3, -0.25) is 19.3 Å². The molecule has 3 heterocycles. The zero-order chi connectivity index (χ0) is 15.5. The first-order valence-corrected chi connectivity index (χ1v) is 6.75. The van der Waals surface area contributed by atoms with Gasteiger partial charge in [0.2, 0.25) is 5.95 Å². The van der Waals surface area contributed by atoms with Crippen LogP contribution in [0, 0.1) is 0 Å². The van der Waals surface area contributed by atoms with Crippen LogP contribution in [0.15, 0.2) is 35.0 Å². The van der Waals surface area contributed by atoms with E-state index < -0.39 is 0 Å². The van der Waals surface area contributed by atoms with E-state index in [9.17, 15) is 4.79 Å². The van der Waals surface area contributed by atoms with E-state index in [1.54, 1.807) is 17.3 Å². The Labute approximate surface area is 125 Å². The lowest BCUT2D eigenvalue weighted by molar-refractivity contribution is -0.124. The number of aliphatic hydroxyl groups excluding tert-OH is 1. The second-order valence-electron chi connectivity index (χ2n) is 4.76. The van der Waals surface area contributed by atoms with Gasteiger partial charge in [0.15, 0.2) is 11.2 Å². The highest BCUT2D eigenvalue weighted by atomic mass is 16.7. The summed E-state index contributed by atoms with van der Waals surface area (Å²) in [5.74, 6) is 0.114. The molecule has 3 rings (SSSR count). The van der Waals surface area contributed by atoms with Crippen molar-refractivity contribution in [3.05, 3.63) is 40.6 Å². The minimum absolute atomic E-state index is 0.0593. The molecule has 1 aliphatic heterocycles. The van der Waals surface area contributed by atoms with Crippen LogP contribution in [0.4, 0.5) is 5.95 Å². The molecule has 2 aromatic heterocycles. The van der Waals surface area contributed by atoms with E-state index in [1.165, 1.54) is 10.9 Å². The summed E-state index contributed by atoms with van der Waals surface area (Å²) in [6.45, 7) is 0.927. The van der Waals surface area contributed by atoms with Crippen LogP contribution in [0.5, 0.6) is 0 Å². The molecule has 9 nitrogen and oxygen atoms in total. The van der Waals surface area contributed by atoms with Gasteiger partial charge in [0.25, 0.3) is 5.56 Å². The Morgan fingerprint density at radius 1 is 1.50 bits per heavy atom. The van der Waals surface area contributed by atoms with Crippen molar-refractivity contribution in [2.75, 3.05) is 25.5 Å². The molecule has 0 saturated heterocycles. The van der Waals surface area contributed by atoms with Gasteiger partial charge < -0.3 is 15.8 Å². The van der Waals surface area contributed by atoms with E-state index in [0.29, 0.717) is 24.3 Å². The predicted octanol–water partition coefficient (Wildman–Crippen LogP) is -0.619. The summed E-state index contributed by atoms with van der Waals surface area (Å²) in [6, 6.07) is 0. The second-order valence-corrected chi connectivity index (χ2v) is 4.76. The summed E-state index contributed by atoms with van der Waals surface area (Å²) < 4.78 is 1.38. The average molecular weight is 304 g/mol. The molecule has 0 aromatic carbocycles. The number of imidazole rings is 1. The molecule has 0 unspecified atom stereocenters. The number of H-pyrrole nitrogens is 1. The van der Waals surface area contributed by atoms with Gasteiger partial charge in [-0.05, 0) is 11.6 Å². The molecule has 0 spiro atoms. The third-order valence-electron chi connectivity index (χ3n) is 3.23. The van der Waals surface area contributed by atoms with Crippen molar-refractivity contribution in [2.24, 2.45) is 0 Å². The number of hydrogen-bond donors (Lipinski definition) is 3. The Hall–Kier alpha value is -2.65. The molecule has 0 amide bonds. The maximum absolute atomic E-state index is 12.4. The van der Waals surface area contributed by atoms with Gasteiger partial charge in [-0.25, -0.2) is 4.98 Å². The molecule has 1 aliphatic rings. The van der Waals surface area contributed by atoms with Crippen LogP contribution in [-0.4, -0.2) is 49.4 Å². The highest BCUT2D eigenvalue weighted by Gasteiger charge is 2.14. The third kappa shape index (κ3) is 2.71. The van der Waals surface area contributed by atoms with Crippen LogP contribution in [0.1, 0.15) is 0 Å². The summed E-state index contributed by atoms with van der Waals surface area (Å²) in [6.07, 6.45) is 6.86. The lowest BCUT2D eigenvalue weighted by Crippen LogP contribution is -2.30. The molecular formula is C13H16N6O3. The van der Waals surface area contributed by atoms with Gasteiger partial charge in [0.1, 0.15) is 0 Å². The minimum atomic E-state index is -0.265. The number of nitrogens with two attached hydrogens (primary N) is 1. The Morgan fingerprint density at radius 2 is 2.36 bits per heavy atom. The number of fused-ring (bicyclic) bond motifs is 1. The summed E-state index contributed by atoms with van der Waals surface area (Å²) in [5, 5.41) is 10.4. The van der Waals surface area contributed by atoms with Crippen molar-refractivity contribution in [1.82, 2.24) is 24.6 Å². The van der Waals surface area contributed by atoms with Crippen LogP contribution < -0.4 is 11.3 Å². The number of nitrogen functional groups attached to an aromatic ring is 1. The van der Waals surface area contributed by atoms with Crippen molar-refractivity contribution in [1.29, 1.82) is 0 Å². The highest BCUT2D eigenvalue weighted by Crippen LogP contribution is 2.12. The van der Waals surface area contributed by atoms with E-state index >= 15 is 0 Å². The fourth-order valence-electron chi connectivity index (χ4n) is 2.22. The Morgan fingerprint density at radius 3 is 3.18 bits per heavy atom. The SMILES string of the molecule is Nc1nc2nc[nH]c2c(=O)n1CC1=CC=CN(OCCO)C1. The minimum Gasteiger partial charge on any atom is -0.394 e. The fourth-order valence-corrected chi connectivity index (χ4v) is 2.22. The van der Waals surface area contributed by atoms with Crippen LogP contribution in [0.2, 0.25) is 0 Å². The van der Waals surface area contributed by atoms with Gasteiger partial charge in [0, 0.05) is 6.20 Å². The maximum atomic E-state index is 12.4. The lowest BCUT2D eigenvalue weighted by Gasteiger charge is -2.24. The van der Waals surface area contributed by atoms with Crippen LogP contribution in [0.25, 0.3) is 11.2 Å². The number of hydroxylamine groups is 2. The topological polar surface area (TPSA) is 122 Å². The monoisotopic (exact) mass is 304 g/mol. The smallest absolute Gasteiger partial charge is 0.281 e. The number of aromatic nitrogens is 4. The van der Waals surface area contributed by atoms with Gasteiger partial charge >= 0.3 is 0 Å². The molecule has 9 heteroatoms. The molecule has 0 saturated carbocycles. The van der Waals surface area contributed by atoms with E-state index in [4.69, 9.17) is 15.7 Å². The third-order valence-corrected chi connectivity index (χ3v) is 3.23. The van der Waals surface area contributed by atoms with Gasteiger partial charge in [-0.15, -0.1) is 0 Å². The largest absolute Gasteiger partial charge is 0.394 e. The van der Waals surface area contributed by atoms with E-state index in [1.807, 2.05) is 6.08 Å². The molecule has 0 radical (unpaired) electrons. The normalized spacial score (nSPS) is 14.6. The predicted molar refractivity (Wildman–Crippen MR) is 79.5 cm³/mol. The summed E-state index contributed by atoms with van der Waals surface area (Å²) in [4.78, 5) is 28.5. The average Bonchev–Trinajstić information content (AvgIpc) is 2.98. The van der Waals surface area contributed by atoms with Crippen LogP contribution >= 0.6 is 0 Å². The molecular weight excluding hydrogens is 288 g/mol. The fraction of sp³-hybridized carbons (Fsp3) is 0.308. The number of nitrogens with zero attached hydrogens (tertiary/aromatic N) is 4. The number of aliphatic hydroxyl groups is 1. The Bertz CT molecular complexity index is 791. The van der Waals surface area contributed by atoms with E-state index in [2.05, 4.69) is 15.0 Å². The molecule has 2 aromatic rings. The first-order valence-electron chi connectivity index (χ1n) is 6.75. The number of anilines is 1. The van der Waals surface area contributed by atoms with Crippen molar-refractivity contribution >= 4 is 17.1 Å². The quantitative estimate of drug-likeness (QED) is 0.673. The molecule has 4 N–H and O–H groups in total. The van der Waals surface area contributed by atoms with E-state index in [-0.39, 0.29) is 24.7 Å². The number of aromatic amines is 1. The van der Waals surface area contributed by atoms with Crippen molar-refractivity contribution < 1.29 is 9.94 Å².